The molecule has 2 aliphatic heterocycles. The molecule has 140 valence electrons. The Kier molecular flexibility index (Phi) is 6.27. The number of hydrogen-bond donors (Lipinski definition) is 2. The van der Waals surface area contributed by atoms with E-state index in [1.807, 2.05) is 0 Å². The molecule has 3 heterocycles. The normalized spacial score (nSPS) is 21.3. The second kappa shape index (κ2) is 8.44. The molecule has 0 amide bonds. The van der Waals surface area contributed by atoms with Crippen molar-refractivity contribution in [3.05, 3.63) is 18.3 Å². The maximum Gasteiger partial charge on any atom is 0.244 e. The minimum Gasteiger partial charge on any atom is -0.390 e. The number of nitrogens with zero attached hydrogens (tertiary/aromatic N) is 3. The first-order valence-electron chi connectivity index (χ1n) is 9.16. The quantitative estimate of drug-likeness (QED) is 0.750. The fourth-order valence-electron chi connectivity index (χ4n) is 3.44. The van der Waals surface area contributed by atoms with Crippen molar-refractivity contribution in [3.8, 4) is 0 Å². The Morgan fingerprint density at radius 1 is 1.08 bits per heavy atom. The van der Waals surface area contributed by atoms with E-state index in [-0.39, 0.29) is 4.90 Å². The van der Waals surface area contributed by atoms with Gasteiger partial charge in [0, 0.05) is 32.4 Å². The Morgan fingerprint density at radius 3 is 2.40 bits per heavy atom. The number of anilines is 1. The zero-order valence-corrected chi connectivity index (χ0v) is 15.4. The topological polar surface area (TPSA) is 85.8 Å². The molecule has 3 rings (SSSR count). The molecule has 0 spiro atoms. The Bertz CT molecular complexity index is 638. The molecule has 1 atom stereocenters. The molecular weight excluding hydrogens is 340 g/mol. The van der Waals surface area contributed by atoms with Gasteiger partial charge in [0.05, 0.1) is 6.10 Å². The highest BCUT2D eigenvalue weighted by Crippen LogP contribution is 2.20. The highest BCUT2D eigenvalue weighted by atomic mass is 32.2. The van der Waals surface area contributed by atoms with E-state index in [4.69, 9.17) is 0 Å². The van der Waals surface area contributed by atoms with E-state index in [1.54, 1.807) is 12.1 Å². The second-order valence-electron chi connectivity index (χ2n) is 6.89. The monoisotopic (exact) mass is 368 g/mol. The van der Waals surface area contributed by atoms with Crippen LogP contribution in [-0.2, 0) is 10.0 Å². The van der Waals surface area contributed by atoms with E-state index < -0.39 is 16.1 Å². The number of sulfonamides is 1. The number of nitrogens with one attached hydrogen (secondary N) is 1. The average Bonchev–Trinajstić information content (AvgIpc) is 3.17. The molecule has 2 saturated heterocycles. The van der Waals surface area contributed by atoms with Crippen molar-refractivity contribution in [2.75, 3.05) is 44.6 Å². The molecular formula is C17H28N4O3S. The third kappa shape index (κ3) is 4.91. The van der Waals surface area contributed by atoms with Gasteiger partial charge in [-0.2, -0.15) is 4.31 Å². The van der Waals surface area contributed by atoms with Crippen molar-refractivity contribution in [1.82, 2.24) is 14.2 Å². The number of aliphatic hydroxyl groups excluding tert-OH is 1. The van der Waals surface area contributed by atoms with Crippen LogP contribution in [-0.4, -0.2) is 73.1 Å². The SMILES string of the molecule is O=S(=O)(c1ccc(NCC(O)CN2CCCCC2)nc1)N1CCCC1. The molecule has 0 aliphatic carbocycles. The fraction of sp³-hybridized carbons (Fsp3) is 0.706. The lowest BCUT2D eigenvalue weighted by atomic mass is 10.1. The summed E-state index contributed by atoms with van der Waals surface area (Å²) in [5.41, 5.74) is 0. The largest absolute Gasteiger partial charge is 0.390 e. The van der Waals surface area contributed by atoms with Gasteiger partial charge in [0.1, 0.15) is 10.7 Å². The molecule has 2 N–H and O–H groups in total. The van der Waals surface area contributed by atoms with Crippen molar-refractivity contribution in [1.29, 1.82) is 0 Å². The first kappa shape index (κ1) is 18.6. The third-order valence-corrected chi connectivity index (χ3v) is 6.76. The van der Waals surface area contributed by atoms with E-state index >= 15 is 0 Å². The minimum absolute atomic E-state index is 0.230. The van der Waals surface area contributed by atoms with Gasteiger partial charge >= 0.3 is 0 Å². The van der Waals surface area contributed by atoms with Crippen LogP contribution in [0.5, 0.6) is 0 Å². The summed E-state index contributed by atoms with van der Waals surface area (Å²) in [5.74, 6) is 0.582. The summed E-state index contributed by atoms with van der Waals surface area (Å²) < 4.78 is 26.4. The van der Waals surface area contributed by atoms with E-state index in [0.29, 0.717) is 32.0 Å². The summed E-state index contributed by atoms with van der Waals surface area (Å²) in [6.45, 7) is 4.35. The van der Waals surface area contributed by atoms with Crippen LogP contribution in [0.2, 0.25) is 0 Å². The first-order chi connectivity index (χ1) is 12.1. The van der Waals surface area contributed by atoms with Gasteiger partial charge < -0.3 is 15.3 Å². The summed E-state index contributed by atoms with van der Waals surface area (Å²) in [6, 6.07) is 3.25. The lowest BCUT2D eigenvalue weighted by Gasteiger charge is -2.28. The van der Waals surface area contributed by atoms with Gasteiger partial charge in [-0.1, -0.05) is 6.42 Å². The molecule has 8 heteroatoms. The van der Waals surface area contributed by atoms with Gasteiger partial charge in [0.25, 0.3) is 0 Å². The lowest BCUT2D eigenvalue weighted by molar-refractivity contribution is 0.109. The van der Waals surface area contributed by atoms with Gasteiger partial charge in [0.2, 0.25) is 10.0 Å². The number of aromatic nitrogens is 1. The van der Waals surface area contributed by atoms with Crippen LogP contribution in [0.25, 0.3) is 0 Å². The Labute approximate surface area is 150 Å². The number of hydrogen-bond acceptors (Lipinski definition) is 6. The number of pyridine rings is 1. The molecule has 2 aliphatic rings. The molecule has 7 nitrogen and oxygen atoms in total. The highest BCUT2D eigenvalue weighted by Gasteiger charge is 2.27. The van der Waals surface area contributed by atoms with Crippen LogP contribution in [0.4, 0.5) is 5.82 Å². The zero-order valence-electron chi connectivity index (χ0n) is 14.6. The predicted molar refractivity (Wildman–Crippen MR) is 97.0 cm³/mol. The van der Waals surface area contributed by atoms with Gasteiger partial charge in [-0.05, 0) is 50.9 Å². The summed E-state index contributed by atoms with van der Waals surface area (Å²) in [6.07, 6.45) is 6.45. The average molecular weight is 369 g/mol. The Morgan fingerprint density at radius 2 is 1.76 bits per heavy atom. The highest BCUT2D eigenvalue weighted by molar-refractivity contribution is 7.89. The smallest absolute Gasteiger partial charge is 0.244 e. The number of rotatable bonds is 7. The van der Waals surface area contributed by atoms with E-state index in [1.165, 1.54) is 29.8 Å². The molecule has 0 saturated carbocycles. The van der Waals surface area contributed by atoms with E-state index in [9.17, 15) is 13.5 Å². The number of likely N-dealkylation sites (tertiary alicyclic amines) is 1. The standard InChI is InChI=1S/C17H28N4O3S/c22-15(14-20-8-2-1-3-9-20)12-18-17-7-6-16(13-19-17)25(23,24)21-10-4-5-11-21/h6-7,13,15,22H,1-5,8-12,14H2,(H,18,19). The van der Waals surface area contributed by atoms with E-state index in [0.717, 1.165) is 25.9 Å². The van der Waals surface area contributed by atoms with Crippen molar-refractivity contribution in [3.63, 3.8) is 0 Å². The molecule has 0 radical (unpaired) electrons. The van der Waals surface area contributed by atoms with Gasteiger partial charge in [-0.3, -0.25) is 0 Å². The van der Waals surface area contributed by atoms with Crippen LogP contribution in [0.1, 0.15) is 32.1 Å². The second-order valence-corrected chi connectivity index (χ2v) is 8.82. The Hall–Kier alpha value is -1.22. The summed E-state index contributed by atoms with van der Waals surface area (Å²) >= 11 is 0. The summed E-state index contributed by atoms with van der Waals surface area (Å²) in [4.78, 5) is 6.71. The molecule has 25 heavy (non-hydrogen) atoms. The van der Waals surface area contributed by atoms with Crippen LogP contribution >= 0.6 is 0 Å². The predicted octanol–water partition coefficient (Wildman–Crippen LogP) is 1.12. The maximum absolute atomic E-state index is 12.5. The van der Waals surface area contributed by atoms with Crippen molar-refractivity contribution in [2.45, 2.75) is 43.1 Å². The molecule has 1 aromatic heterocycles. The van der Waals surface area contributed by atoms with Crippen molar-refractivity contribution >= 4 is 15.8 Å². The van der Waals surface area contributed by atoms with Gasteiger partial charge in [-0.25, -0.2) is 13.4 Å². The molecule has 0 bridgehead atoms. The van der Waals surface area contributed by atoms with Crippen LogP contribution in [0.15, 0.2) is 23.2 Å². The van der Waals surface area contributed by atoms with Crippen LogP contribution < -0.4 is 5.32 Å². The molecule has 1 aromatic rings. The van der Waals surface area contributed by atoms with E-state index in [2.05, 4.69) is 15.2 Å². The number of aliphatic hydroxyl groups is 1. The van der Waals surface area contributed by atoms with Crippen LogP contribution in [0, 0.1) is 0 Å². The molecule has 1 unspecified atom stereocenters. The summed E-state index contributed by atoms with van der Waals surface area (Å²) in [5, 5.41) is 13.2. The summed E-state index contributed by atoms with van der Waals surface area (Å²) in [7, 11) is -3.42. The number of β-amino-alcohol motifs (C(OH)–C–C–N with tert-alkyl or cyclic N) is 1. The number of piperidine rings is 1. The lowest BCUT2D eigenvalue weighted by Crippen LogP contribution is -2.39. The van der Waals surface area contributed by atoms with Crippen LogP contribution in [0.3, 0.4) is 0 Å². The first-order valence-corrected chi connectivity index (χ1v) is 10.6. The maximum atomic E-state index is 12.5. The third-order valence-electron chi connectivity index (χ3n) is 4.88. The minimum atomic E-state index is -3.42. The molecule has 2 fully saturated rings. The van der Waals surface area contributed by atoms with Crippen molar-refractivity contribution in [2.24, 2.45) is 0 Å². The Balaban J connectivity index is 1.50. The zero-order chi connectivity index (χ0) is 17.7. The molecule has 0 aromatic carbocycles. The van der Waals surface area contributed by atoms with Gasteiger partial charge in [0.15, 0.2) is 0 Å². The fourth-order valence-corrected chi connectivity index (χ4v) is 4.90. The van der Waals surface area contributed by atoms with Crippen molar-refractivity contribution < 1.29 is 13.5 Å². The van der Waals surface area contributed by atoms with Gasteiger partial charge in [-0.15, -0.1) is 0 Å².